The second-order valence-corrected chi connectivity index (χ2v) is 9.27. The molecule has 10 nitrogen and oxygen atoms in total. The monoisotopic (exact) mass is 496 g/mol. The van der Waals surface area contributed by atoms with Crippen molar-refractivity contribution >= 4 is 39.9 Å². The summed E-state index contributed by atoms with van der Waals surface area (Å²) in [5, 5.41) is 17.6. The maximum absolute atomic E-state index is 11.8. The first-order chi connectivity index (χ1) is 15.8. The number of hydrogen-bond donors (Lipinski definition) is 0. The Kier molecular flexibility index (Phi) is 7.06. The molecule has 33 heavy (non-hydrogen) atoms. The van der Waals surface area contributed by atoms with Crippen LogP contribution in [0.1, 0.15) is 44.3 Å². The minimum atomic E-state index is -0.419. The third kappa shape index (κ3) is 4.92. The number of ether oxygens (including phenoxy) is 2. The van der Waals surface area contributed by atoms with Gasteiger partial charge >= 0.3 is 11.6 Å². The van der Waals surface area contributed by atoms with Crippen LogP contribution in [0.2, 0.25) is 10.3 Å². The molecule has 12 heteroatoms. The van der Waals surface area contributed by atoms with Crippen LogP contribution in [0.25, 0.3) is 11.0 Å². The van der Waals surface area contributed by atoms with Gasteiger partial charge in [0.1, 0.15) is 11.3 Å². The molecule has 0 radical (unpaired) electrons. The molecule has 1 aliphatic rings. The molecule has 0 bridgehead atoms. The zero-order valence-corrected chi connectivity index (χ0v) is 20.2. The van der Waals surface area contributed by atoms with E-state index in [2.05, 4.69) is 15.1 Å². The third-order valence-corrected chi connectivity index (χ3v) is 6.63. The Bertz CT molecular complexity index is 1160. The molecule has 0 amide bonds. The van der Waals surface area contributed by atoms with E-state index in [0.717, 1.165) is 25.7 Å². The lowest BCUT2D eigenvalue weighted by atomic mass is 9.93. The summed E-state index contributed by atoms with van der Waals surface area (Å²) < 4.78 is 14.9. The van der Waals surface area contributed by atoms with Crippen LogP contribution < -0.4 is 4.74 Å². The molecule has 1 saturated carbocycles. The third-order valence-electron chi connectivity index (χ3n) is 6.14. The van der Waals surface area contributed by atoms with Crippen LogP contribution in [0.4, 0.5) is 5.69 Å². The Labute approximate surface area is 200 Å². The van der Waals surface area contributed by atoms with Gasteiger partial charge in [-0.05, 0) is 44.2 Å². The van der Waals surface area contributed by atoms with E-state index in [1.165, 1.54) is 0 Å². The highest BCUT2D eigenvalue weighted by Gasteiger charge is 2.32. The van der Waals surface area contributed by atoms with Gasteiger partial charge < -0.3 is 14.0 Å². The molecule has 3 heterocycles. The van der Waals surface area contributed by atoms with E-state index >= 15 is 0 Å². The lowest BCUT2D eigenvalue weighted by Crippen LogP contribution is -2.24. The van der Waals surface area contributed by atoms with Gasteiger partial charge in [-0.2, -0.15) is 4.98 Å². The van der Waals surface area contributed by atoms with Gasteiger partial charge in [-0.25, -0.2) is 4.98 Å². The Morgan fingerprint density at radius 2 is 2.03 bits per heavy atom. The van der Waals surface area contributed by atoms with E-state index in [-0.39, 0.29) is 41.5 Å². The van der Waals surface area contributed by atoms with Crippen molar-refractivity contribution in [3.8, 4) is 5.88 Å². The minimum absolute atomic E-state index is 0.00684. The van der Waals surface area contributed by atoms with Crippen LogP contribution in [0, 0.1) is 23.0 Å². The van der Waals surface area contributed by atoms with Crippen molar-refractivity contribution in [3.63, 3.8) is 0 Å². The van der Waals surface area contributed by atoms with Crippen LogP contribution >= 0.6 is 23.2 Å². The average molecular weight is 497 g/mol. The van der Waals surface area contributed by atoms with Crippen molar-refractivity contribution in [1.29, 1.82) is 0 Å². The fraction of sp³-hybridized carbons (Fsp3) is 0.571. The molecule has 0 aromatic carbocycles. The van der Waals surface area contributed by atoms with Crippen LogP contribution in [-0.2, 0) is 11.3 Å². The fourth-order valence-electron chi connectivity index (χ4n) is 4.43. The van der Waals surface area contributed by atoms with Gasteiger partial charge in [0.05, 0.1) is 34.1 Å². The van der Waals surface area contributed by atoms with Crippen LogP contribution in [0.5, 0.6) is 5.88 Å². The van der Waals surface area contributed by atoms with Crippen molar-refractivity contribution in [2.45, 2.75) is 58.2 Å². The van der Waals surface area contributed by atoms with E-state index in [9.17, 15) is 10.1 Å². The molecule has 178 valence electrons. The van der Waals surface area contributed by atoms with Crippen molar-refractivity contribution in [1.82, 2.24) is 24.3 Å². The second kappa shape index (κ2) is 9.82. The highest BCUT2D eigenvalue weighted by atomic mass is 35.5. The summed E-state index contributed by atoms with van der Waals surface area (Å²) in [7, 11) is 1.72. The van der Waals surface area contributed by atoms with E-state index in [4.69, 9.17) is 32.7 Å². The largest absolute Gasteiger partial charge is 0.471 e. The van der Waals surface area contributed by atoms with Gasteiger partial charge in [-0.15, -0.1) is 5.10 Å². The maximum Gasteiger partial charge on any atom is 0.352 e. The predicted molar refractivity (Wildman–Crippen MR) is 124 cm³/mol. The highest BCUT2D eigenvalue weighted by Crippen LogP contribution is 2.37. The second-order valence-electron chi connectivity index (χ2n) is 8.53. The lowest BCUT2D eigenvalue weighted by molar-refractivity contribution is -0.386. The van der Waals surface area contributed by atoms with Crippen LogP contribution in [0.3, 0.4) is 0 Å². The summed E-state index contributed by atoms with van der Waals surface area (Å²) in [6, 6.07) is 0.0997. The summed E-state index contributed by atoms with van der Waals surface area (Å²) in [5.41, 5.74) is 1.06. The van der Waals surface area contributed by atoms with Crippen molar-refractivity contribution in [3.05, 3.63) is 38.5 Å². The number of methoxy groups -OCH3 is 1. The predicted octanol–water partition coefficient (Wildman–Crippen LogP) is 5.00. The lowest BCUT2D eigenvalue weighted by Gasteiger charge is -2.28. The van der Waals surface area contributed by atoms with Gasteiger partial charge in [0.2, 0.25) is 5.28 Å². The molecule has 1 aliphatic carbocycles. The van der Waals surface area contributed by atoms with Crippen LogP contribution in [-0.4, -0.2) is 49.1 Å². The van der Waals surface area contributed by atoms with Gasteiger partial charge in [0.15, 0.2) is 0 Å². The average Bonchev–Trinajstić information content (AvgIpc) is 3.28. The van der Waals surface area contributed by atoms with Crippen molar-refractivity contribution in [2.75, 3.05) is 13.7 Å². The Hall–Kier alpha value is -2.43. The highest BCUT2D eigenvalue weighted by molar-refractivity contribution is 6.35. The number of nitrogens with zero attached hydrogens (tertiary/aromatic N) is 6. The molecule has 3 aromatic rings. The van der Waals surface area contributed by atoms with Crippen LogP contribution in [0.15, 0.2) is 12.4 Å². The topological polar surface area (TPSA) is 110 Å². The number of rotatable bonds is 8. The molecule has 0 aliphatic heterocycles. The smallest absolute Gasteiger partial charge is 0.352 e. The number of hydrogen-bond acceptors (Lipinski definition) is 7. The van der Waals surface area contributed by atoms with Crippen molar-refractivity contribution < 1.29 is 14.4 Å². The zero-order valence-electron chi connectivity index (χ0n) is 18.7. The first-order valence-electron chi connectivity index (χ1n) is 10.8. The molecule has 1 atom stereocenters. The van der Waals surface area contributed by atoms with Gasteiger partial charge in [0.25, 0.3) is 0 Å². The maximum atomic E-state index is 11.8. The number of nitro groups is 1. The first kappa shape index (κ1) is 23.7. The normalized spacial score (nSPS) is 19.7. The van der Waals surface area contributed by atoms with E-state index in [1.807, 2.05) is 11.5 Å². The quantitative estimate of drug-likeness (QED) is 0.245. The summed E-state index contributed by atoms with van der Waals surface area (Å²) in [6.45, 7) is 4.47. The van der Waals surface area contributed by atoms with Gasteiger partial charge in [0, 0.05) is 32.0 Å². The molecule has 1 fully saturated rings. The molecule has 0 spiro atoms. The standard InChI is InChI=1S/C21H26Cl2N6O4/c1-12(9-27-10-17(22)16-8-24-21(23)25-19(16)27)11-33-20-18(29(30)31)13(2)28(26-20)14-4-6-15(32-3)7-5-14/h8,10,12,14-15H,4-7,9,11H2,1-3H3/t12-,14?,15?/m0/s1. The SMILES string of the molecule is COC1CCC(n2nc(OC[C@@H](C)Cn3cc(Cl)c4cnc(Cl)nc43)c([N+](=O)[O-])c2C)CC1. The molecule has 4 rings (SSSR count). The molecular weight excluding hydrogens is 471 g/mol. The molecule has 0 saturated heterocycles. The van der Waals surface area contributed by atoms with Gasteiger partial charge in [-0.3, -0.25) is 14.8 Å². The molecular formula is C21H26Cl2N6O4. The number of halogens is 2. The Morgan fingerprint density at radius 3 is 2.70 bits per heavy atom. The number of fused-ring (bicyclic) bond motifs is 1. The Morgan fingerprint density at radius 1 is 1.30 bits per heavy atom. The Balaban J connectivity index is 1.48. The summed E-state index contributed by atoms with van der Waals surface area (Å²) >= 11 is 12.2. The van der Waals surface area contributed by atoms with E-state index in [0.29, 0.717) is 28.3 Å². The summed E-state index contributed by atoms with van der Waals surface area (Å²) in [4.78, 5) is 19.6. The van der Waals surface area contributed by atoms with E-state index in [1.54, 1.807) is 31.1 Å². The zero-order chi connectivity index (χ0) is 23.7. The van der Waals surface area contributed by atoms with Gasteiger partial charge in [-0.1, -0.05) is 18.5 Å². The molecule has 0 N–H and O–H groups in total. The molecule has 3 aromatic heterocycles. The first-order valence-corrected chi connectivity index (χ1v) is 11.6. The van der Waals surface area contributed by atoms with Crippen molar-refractivity contribution in [2.24, 2.45) is 5.92 Å². The molecule has 0 unspecified atom stereocenters. The fourth-order valence-corrected chi connectivity index (χ4v) is 4.81. The summed E-state index contributed by atoms with van der Waals surface area (Å²) in [5.74, 6) is 0.0478. The van der Waals surface area contributed by atoms with E-state index < -0.39 is 4.92 Å². The minimum Gasteiger partial charge on any atom is -0.471 e. The number of aromatic nitrogens is 5. The summed E-state index contributed by atoms with van der Waals surface area (Å²) in [6.07, 6.45) is 7.13.